The van der Waals surface area contributed by atoms with Crippen LogP contribution in [0, 0.1) is 17.7 Å². The SMILES string of the molecule is CCN1[C@@H]2c3ccc(-c4ccccc4F)c(=O)n3C[C@H]1[C@H](CO)[C@H]2C(=O)N1CCCCC1. The first-order valence-corrected chi connectivity index (χ1v) is 11.7. The van der Waals surface area contributed by atoms with Crippen LogP contribution in [0.3, 0.4) is 0 Å². The Hall–Kier alpha value is -2.51. The van der Waals surface area contributed by atoms with Crippen LogP contribution in [0.5, 0.6) is 0 Å². The lowest BCUT2D eigenvalue weighted by atomic mass is 9.85. The number of benzene rings is 1. The molecule has 1 aromatic heterocycles. The van der Waals surface area contributed by atoms with Crippen LogP contribution in [-0.4, -0.2) is 57.7 Å². The van der Waals surface area contributed by atoms with E-state index in [1.807, 2.05) is 11.0 Å². The number of piperidine rings is 1. The van der Waals surface area contributed by atoms with Gasteiger partial charge in [0.25, 0.3) is 5.56 Å². The monoisotopic (exact) mass is 439 g/mol. The van der Waals surface area contributed by atoms with Gasteiger partial charge >= 0.3 is 0 Å². The van der Waals surface area contributed by atoms with E-state index in [1.165, 1.54) is 6.07 Å². The number of carbonyl (C=O) groups is 1. The van der Waals surface area contributed by atoms with Gasteiger partial charge in [-0.2, -0.15) is 0 Å². The Balaban J connectivity index is 1.60. The predicted octanol–water partition coefficient (Wildman–Crippen LogP) is 2.65. The van der Waals surface area contributed by atoms with Gasteiger partial charge in [-0.25, -0.2) is 4.39 Å². The standard InChI is InChI=1S/C25H30FN3O3/c1-2-28-21-14-29-20(11-10-17(24(29)31)16-8-4-5-9-19(16)26)23(28)22(18(21)15-30)25(32)27-12-6-3-7-13-27/h4-5,8-11,18,21-23,30H,2-3,6-7,12-15H2,1H3/t18-,21-,22+,23+/m0/s1. The number of pyridine rings is 1. The summed E-state index contributed by atoms with van der Waals surface area (Å²) in [6, 6.07) is 9.52. The first-order valence-electron chi connectivity index (χ1n) is 11.7. The Labute approximate surface area is 187 Å². The number of rotatable bonds is 4. The highest BCUT2D eigenvalue weighted by Gasteiger charge is 2.56. The van der Waals surface area contributed by atoms with Crippen LogP contribution in [0.2, 0.25) is 0 Å². The number of likely N-dealkylation sites (tertiary alicyclic amines) is 1. The summed E-state index contributed by atoms with van der Waals surface area (Å²) in [4.78, 5) is 31.3. The smallest absolute Gasteiger partial charge is 0.258 e. The largest absolute Gasteiger partial charge is 0.396 e. The number of nitrogens with zero attached hydrogens (tertiary/aromatic N) is 3. The molecule has 1 aromatic carbocycles. The summed E-state index contributed by atoms with van der Waals surface area (Å²) in [5.41, 5.74) is 1.17. The Kier molecular flexibility index (Phi) is 5.63. The van der Waals surface area contributed by atoms with Gasteiger partial charge in [-0.1, -0.05) is 25.1 Å². The Morgan fingerprint density at radius 3 is 2.53 bits per heavy atom. The molecule has 1 amide bonds. The number of hydrogen-bond acceptors (Lipinski definition) is 4. The number of carbonyl (C=O) groups excluding carboxylic acids is 1. The average molecular weight is 440 g/mol. The fourth-order valence-electron chi connectivity index (χ4n) is 6.15. The summed E-state index contributed by atoms with van der Waals surface area (Å²) in [6.45, 7) is 4.62. The molecule has 2 saturated heterocycles. The van der Waals surface area contributed by atoms with Gasteiger partial charge in [-0.15, -0.1) is 0 Å². The number of halogens is 1. The zero-order valence-corrected chi connectivity index (χ0v) is 18.4. The van der Waals surface area contributed by atoms with E-state index >= 15 is 0 Å². The molecule has 0 unspecified atom stereocenters. The number of aliphatic hydroxyl groups excluding tert-OH is 1. The van der Waals surface area contributed by atoms with Crippen molar-refractivity contribution in [3.05, 3.63) is 58.3 Å². The zero-order valence-electron chi connectivity index (χ0n) is 18.4. The van der Waals surface area contributed by atoms with Gasteiger partial charge in [-0.3, -0.25) is 14.5 Å². The van der Waals surface area contributed by atoms with Gasteiger partial charge < -0.3 is 14.6 Å². The number of likely N-dealkylation sites (N-methyl/N-ethyl adjacent to an activating group) is 1. The van der Waals surface area contributed by atoms with Crippen molar-refractivity contribution in [2.45, 2.75) is 44.8 Å². The minimum Gasteiger partial charge on any atom is -0.396 e. The highest BCUT2D eigenvalue weighted by atomic mass is 19.1. The molecule has 4 atom stereocenters. The van der Waals surface area contributed by atoms with Crippen molar-refractivity contribution in [3.8, 4) is 11.1 Å². The third-order valence-corrected chi connectivity index (χ3v) is 7.65. The number of fused-ring (bicyclic) bond motifs is 4. The Morgan fingerprint density at radius 2 is 1.84 bits per heavy atom. The lowest BCUT2D eigenvalue weighted by molar-refractivity contribution is -0.139. The van der Waals surface area contributed by atoms with Crippen LogP contribution < -0.4 is 5.56 Å². The lowest BCUT2D eigenvalue weighted by Gasteiger charge is -2.38. The maximum absolute atomic E-state index is 14.4. The molecule has 6 nitrogen and oxygen atoms in total. The lowest BCUT2D eigenvalue weighted by Crippen LogP contribution is -2.46. The van der Waals surface area contributed by atoms with E-state index in [-0.39, 0.29) is 47.6 Å². The molecule has 4 heterocycles. The fourth-order valence-corrected chi connectivity index (χ4v) is 6.15. The maximum Gasteiger partial charge on any atom is 0.258 e. The van der Waals surface area contributed by atoms with E-state index in [0.29, 0.717) is 12.1 Å². The van der Waals surface area contributed by atoms with Crippen molar-refractivity contribution in [2.75, 3.05) is 26.2 Å². The maximum atomic E-state index is 14.4. The molecule has 7 heteroatoms. The number of amides is 1. The first kappa shape index (κ1) is 21.3. The van der Waals surface area contributed by atoms with Crippen molar-refractivity contribution < 1.29 is 14.3 Å². The molecular formula is C25H30FN3O3. The Bertz CT molecular complexity index is 1080. The minimum atomic E-state index is -0.425. The summed E-state index contributed by atoms with van der Waals surface area (Å²) in [7, 11) is 0. The fraction of sp³-hybridized carbons (Fsp3) is 0.520. The van der Waals surface area contributed by atoms with Crippen molar-refractivity contribution >= 4 is 5.91 Å². The van der Waals surface area contributed by atoms with Crippen molar-refractivity contribution in [2.24, 2.45) is 11.8 Å². The summed E-state index contributed by atoms with van der Waals surface area (Å²) < 4.78 is 16.1. The summed E-state index contributed by atoms with van der Waals surface area (Å²) in [6.07, 6.45) is 3.16. The minimum absolute atomic E-state index is 0.0915. The number of hydrogen-bond donors (Lipinski definition) is 1. The average Bonchev–Trinajstić information content (AvgIpc) is 3.05. The normalized spacial score (nSPS) is 27.4. The molecule has 1 N–H and O–H groups in total. The van der Waals surface area contributed by atoms with E-state index in [2.05, 4.69) is 11.8 Å². The molecule has 0 aliphatic carbocycles. The van der Waals surface area contributed by atoms with Gasteiger partial charge in [0.1, 0.15) is 5.82 Å². The van der Waals surface area contributed by atoms with E-state index in [4.69, 9.17) is 0 Å². The van der Waals surface area contributed by atoms with Crippen LogP contribution in [0.4, 0.5) is 4.39 Å². The predicted molar refractivity (Wildman–Crippen MR) is 120 cm³/mol. The third kappa shape index (κ3) is 3.21. The van der Waals surface area contributed by atoms with Crippen molar-refractivity contribution in [1.82, 2.24) is 14.4 Å². The van der Waals surface area contributed by atoms with E-state index < -0.39 is 5.82 Å². The molecule has 2 bridgehead atoms. The second-order valence-electron chi connectivity index (χ2n) is 9.17. The van der Waals surface area contributed by atoms with Crippen LogP contribution in [-0.2, 0) is 11.3 Å². The second-order valence-corrected chi connectivity index (χ2v) is 9.17. The van der Waals surface area contributed by atoms with Gasteiger partial charge in [0.05, 0.1) is 17.5 Å². The molecule has 0 radical (unpaired) electrons. The van der Waals surface area contributed by atoms with Gasteiger partial charge in [-0.05, 0) is 44.0 Å². The molecule has 2 aromatic rings. The van der Waals surface area contributed by atoms with Gasteiger partial charge in [0, 0.05) is 49.5 Å². The molecule has 5 rings (SSSR count). The summed E-state index contributed by atoms with van der Waals surface area (Å²) in [5.74, 6) is -0.944. The molecule has 2 fully saturated rings. The molecular weight excluding hydrogens is 409 g/mol. The molecule has 0 saturated carbocycles. The highest BCUT2D eigenvalue weighted by molar-refractivity contribution is 5.81. The second kappa shape index (κ2) is 8.45. The van der Waals surface area contributed by atoms with E-state index in [9.17, 15) is 19.1 Å². The zero-order chi connectivity index (χ0) is 22.4. The summed E-state index contributed by atoms with van der Waals surface area (Å²) in [5, 5.41) is 10.3. The van der Waals surface area contributed by atoms with Crippen LogP contribution >= 0.6 is 0 Å². The first-order chi connectivity index (χ1) is 15.6. The van der Waals surface area contributed by atoms with Gasteiger partial charge in [0.2, 0.25) is 5.91 Å². The molecule has 3 aliphatic rings. The quantitative estimate of drug-likeness (QED) is 0.796. The van der Waals surface area contributed by atoms with Crippen LogP contribution in [0.15, 0.2) is 41.2 Å². The highest BCUT2D eigenvalue weighted by Crippen LogP contribution is 2.49. The molecule has 32 heavy (non-hydrogen) atoms. The third-order valence-electron chi connectivity index (χ3n) is 7.65. The van der Waals surface area contributed by atoms with Crippen LogP contribution in [0.1, 0.15) is 37.9 Å². The Morgan fingerprint density at radius 1 is 1.09 bits per heavy atom. The number of aromatic nitrogens is 1. The van der Waals surface area contributed by atoms with Gasteiger partial charge in [0.15, 0.2) is 0 Å². The van der Waals surface area contributed by atoms with Crippen molar-refractivity contribution in [3.63, 3.8) is 0 Å². The topological polar surface area (TPSA) is 65.8 Å². The molecule has 170 valence electrons. The van der Waals surface area contributed by atoms with Crippen molar-refractivity contribution in [1.29, 1.82) is 0 Å². The molecule has 0 spiro atoms. The summed E-state index contributed by atoms with van der Waals surface area (Å²) >= 11 is 0. The van der Waals surface area contributed by atoms with Crippen LogP contribution in [0.25, 0.3) is 11.1 Å². The van der Waals surface area contributed by atoms with E-state index in [0.717, 1.165) is 44.6 Å². The molecule has 3 aliphatic heterocycles. The number of aliphatic hydroxyl groups is 1. The van der Waals surface area contributed by atoms with E-state index in [1.54, 1.807) is 28.8 Å².